The summed E-state index contributed by atoms with van der Waals surface area (Å²) in [6, 6.07) is 6.36. The van der Waals surface area contributed by atoms with Gasteiger partial charge in [-0.25, -0.2) is 0 Å². The molecular weight excluding hydrogens is 214 g/mol. The van der Waals surface area contributed by atoms with Crippen LogP contribution in [0.4, 0.5) is 0 Å². The molecule has 1 aliphatic carbocycles. The lowest BCUT2D eigenvalue weighted by Gasteiger charge is -2.22. The summed E-state index contributed by atoms with van der Waals surface area (Å²) in [5.74, 6) is 3.02. The van der Waals surface area contributed by atoms with E-state index in [1.54, 1.807) is 0 Å². The van der Waals surface area contributed by atoms with Crippen molar-refractivity contribution in [2.45, 2.75) is 25.2 Å². The summed E-state index contributed by atoms with van der Waals surface area (Å²) in [5.41, 5.74) is 7.21. The molecule has 3 heteroatoms. The third-order valence-electron chi connectivity index (χ3n) is 3.96. The van der Waals surface area contributed by atoms with E-state index in [2.05, 4.69) is 12.1 Å². The highest BCUT2D eigenvalue weighted by molar-refractivity contribution is 5.45. The van der Waals surface area contributed by atoms with Gasteiger partial charge in [-0.05, 0) is 48.9 Å². The molecule has 1 aromatic rings. The fourth-order valence-corrected chi connectivity index (χ4v) is 3.05. The third kappa shape index (κ3) is 2.00. The summed E-state index contributed by atoms with van der Waals surface area (Å²) in [6.07, 6.45) is 3.80. The Bertz CT molecular complexity index is 405. The van der Waals surface area contributed by atoms with Crippen molar-refractivity contribution in [1.82, 2.24) is 0 Å². The lowest BCUT2D eigenvalue weighted by atomic mass is 9.89. The van der Waals surface area contributed by atoms with E-state index in [-0.39, 0.29) is 0 Å². The Morgan fingerprint density at radius 2 is 1.94 bits per heavy atom. The van der Waals surface area contributed by atoms with Gasteiger partial charge in [0, 0.05) is 0 Å². The SMILES string of the molecule is NCC1CCCC1c1ccc2c(c1)OCCO2. The van der Waals surface area contributed by atoms with Crippen LogP contribution in [0.5, 0.6) is 11.5 Å². The van der Waals surface area contributed by atoms with Crippen molar-refractivity contribution >= 4 is 0 Å². The van der Waals surface area contributed by atoms with E-state index in [1.807, 2.05) is 6.07 Å². The summed E-state index contributed by atoms with van der Waals surface area (Å²) in [5, 5.41) is 0. The lowest BCUT2D eigenvalue weighted by Crippen LogP contribution is -2.18. The zero-order chi connectivity index (χ0) is 11.7. The standard InChI is InChI=1S/C14H19NO2/c15-9-11-2-1-3-12(11)10-4-5-13-14(8-10)17-7-6-16-13/h4-5,8,11-12H,1-3,6-7,9,15H2. The van der Waals surface area contributed by atoms with E-state index in [0.717, 1.165) is 18.0 Å². The first-order valence-corrected chi connectivity index (χ1v) is 6.48. The van der Waals surface area contributed by atoms with Gasteiger partial charge in [-0.1, -0.05) is 12.5 Å². The maximum atomic E-state index is 5.84. The fraction of sp³-hybridized carbons (Fsp3) is 0.571. The molecule has 1 heterocycles. The second-order valence-electron chi connectivity index (χ2n) is 4.94. The lowest BCUT2D eigenvalue weighted by molar-refractivity contribution is 0.171. The molecule has 92 valence electrons. The number of rotatable bonds is 2. The van der Waals surface area contributed by atoms with Crippen molar-refractivity contribution in [2.75, 3.05) is 19.8 Å². The van der Waals surface area contributed by atoms with E-state index in [0.29, 0.717) is 25.0 Å². The molecule has 2 atom stereocenters. The zero-order valence-corrected chi connectivity index (χ0v) is 10.0. The van der Waals surface area contributed by atoms with Crippen LogP contribution in [0.15, 0.2) is 18.2 Å². The van der Waals surface area contributed by atoms with E-state index >= 15 is 0 Å². The summed E-state index contributed by atoms with van der Waals surface area (Å²) in [6.45, 7) is 2.10. The second kappa shape index (κ2) is 4.57. The van der Waals surface area contributed by atoms with Crippen molar-refractivity contribution in [3.8, 4) is 11.5 Å². The quantitative estimate of drug-likeness (QED) is 0.852. The topological polar surface area (TPSA) is 44.5 Å². The molecule has 0 amide bonds. The average molecular weight is 233 g/mol. The van der Waals surface area contributed by atoms with Crippen molar-refractivity contribution < 1.29 is 9.47 Å². The smallest absolute Gasteiger partial charge is 0.161 e. The number of fused-ring (bicyclic) bond motifs is 1. The zero-order valence-electron chi connectivity index (χ0n) is 10.0. The number of nitrogens with two attached hydrogens (primary N) is 1. The molecule has 3 rings (SSSR count). The monoisotopic (exact) mass is 233 g/mol. The molecule has 1 fully saturated rings. The molecule has 2 unspecified atom stereocenters. The van der Waals surface area contributed by atoms with E-state index in [9.17, 15) is 0 Å². The molecule has 0 radical (unpaired) electrons. The molecule has 1 saturated carbocycles. The molecule has 2 N–H and O–H groups in total. The highest BCUT2D eigenvalue weighted by atomic mass is 16.6. The minimum atomic E-state index is 0.607. The maximum absolute atomic E-state index is 5.84. The predicted molar refractivity (Wildman–Crippen MR) is 66.6 cm³/mol. The minimum absolute atomic E-state index is 0.607. The molecule has 17 heavy (non-hydrogen) atoms. The number of benzene rings is 1. The van der Waals surface area contributed by atoms with Gasteiger partial charge in [-0.2, -0.15) is 0 Å². The van der Waals surface area contributed by atoms with Crippen LogP contribution in [0.3, 0.4) is 0 Å². The average Bonchev–Trinajstić information content (AvgIpc) is 2.86. The minimum Gasteiger partial charge on any atom is -0.486 e. The van der Waals surface area contributed by atoms with Crippen LogP contribution in [-0.2, 0) is 0 Å². The van der Waals surface area contributed by atoms with Gasteiger partial charge >= 0.3 is 0 Å². The first-order chi connectivity index (χ1) is 8.38. The molecule has 1 aliphatic heterocycles. The van der Waals surface area contributed by atoms with Crippen LogP contribution in [0.25, 0.3) is 0 Å². The van der Waals surface area contributed by atoms with Gasteiger partial charge in [0.15, 0.2) is 11.5 Å². The van der Waals surface area contributed by atoms with Crippen LogP contribution in [0, 0.1) is 5.92 Å². The molecule has 0 saturated heterocycles. The summed E-state index contributed by atoms with van der Waals surface area (Å²) < 4.78 is 11.2. The van der Waals surface area contributed by atoms with Crippen molar-refractivity contribution in [1.29, 1.82) is 0 Å². The van der Waals surface area contributed by atoms with Crippen LogP contribution in [-0.4, -0.2) is 19.8 Å². The van der Waals surface area contributed by atoms with E-state index in [1.165, 1.54) is 24.8 Å². The molecule has 1 aromatic carbocycles. The Kier molecular flexibility index (Phi) is 2.93. The van der Waals surface area contributed by atoms with Crippen LogP contribution in [0.2, 0.25) is 0 Å². The van der Waals surface area contributed by atoms with Crippen LogP contribution < -0.4 is 15.2 Å². The summed E-state index contributed by atoms with van der Waals surface area (Å²) in [7, 11) is 0. The van der Waals surface area contributed by atoms with Crippen molar-refractivity contribution in [3.05, 3.63) is 23.8 Å². The highest BCUT2D eigenvalue weighted by Gasteiger charge is 2.28. The Balaban J connectivity index is 1.88. The van der Waals surface area contributed by atoms with Crippen LogP contribution >= 0.6 is 0 Å². The van der Waals surface area contributed by atoms with Gasteiger partial charge < -0.3 is 15.2 Å². The largest absolute Gasteiger partial charge is 0.486 e. The number of hydrogen-bond donors (Lipinski definition) is 1. The number of hydrogen-bond acceptors (Lipinski definition) is 3. The second-order valence-corrected chi connectivity index (χ2v) is 4.94. The third-order valence-corrected chi connectivity index (χ3v) is 3.96. The molecule has 3 nitrogen and oxygen atoms in total. The summed E-state index contributed by atoms with van der Waals surface area (Å²) >= 11 is 0. The molecule has 0 bridgehead atoms. The predicted octanol–water partition coefficient (Wildman–Crippen LogP) is 2.30. The first-order valence-electron chi connectivity index (χ1n) is 6.48. The van der Waals surface area contributed by atoms with Gasteiger partial charge in [-0.3, -0.25) is 0 Å². The van der Waals surface area contributed by atoms with Gasteiger partial charge in [0.25, 0.3) is 0 Å². The Morgan fingerprint density at radius 1 is 1.12 bits per heavy atom. The molecule has 0 aromatic heterocycles. The summed E-state index contributed by atoms with van der Waals surface area (Å²) in [4.78, 5) is 0. The van der Waals surface area contributed by atoms with Gasteiger partial charge in [0.05, 0.1) is 0 Å². The molecule has 0 spiro atoms. The van der Waals surface area contributed by atoms with E-state index in [4.69, 9.17) is 15.2 Å². The fourth-order valence-electron chi connectivity index (χ4n) is 3.05. The van der Waals surface area contributed by atoms with Gasteiger partial charge in [-0.15, -0.1) is 0 Å². The highest BCUT2D eigenvalue weighted by Crippen LogP contribution is 2.42. The number of ether oxygens (including phenoxy) is 2. The van der Waals surface area contributed by atoms with Gasteiger partial charge in [0.2, 0.25) is 0 Å². The van der Waals surface area contributed by atoms with Gasteiger partial charge in [0.1, 0.15) is 13.2 Å². The Hall–Kier alpha value is -1.22. The Labute approximate surface area is 102 Å². The molecule has 2 aliphatic rings. The van der Waals surface area contributed by atoms with E-state index < -0.39 is 0 Å². The van der Waals surface area contributed by atoms with Crippen molar-refractivity contribution in [2.24, 2.45) is 11.7 Å². The van der Waals surface area contributed by atoms with Crippen molar-refractivity contribution in [3.63, 3.8) is 0 Å². The normalized spacial score (nSPS) is 27.1. The Morgan fingerprint density at radius 3 is 2.76 bits per heavy atom. The van der Waals surface area contributed by atoms with Crippen LogP contribution in [0.1, 0.15) is 30.7 Å². The maximum Gasteiger partial charge on any atom is 0.161 e. The molecular formula is C14H19NO2. The first kappa shape index (κ1) is 10.9.